The zero-order chi connectivity index (χ0) is 19.8. The molecular weight excluding hydrogens is 397 g/mol. The Kier molecular flexibility index (Phi) is 5.16. The van der Waals surface area contributed by atoms with Crippen LogP contribution in [0, 0.1) is 12.7 Å². The van der Waals surface area contributed by atoms with Crippen molar-refractivity contribution in [2.45, 2.75) is 38.1 Å². The van der Waals surface area contributed by atoms with E-state index in [9.17, 15) is 14.0 Å². The minimum atomic E-state index is -0.641. The number of ketones is 1. The summed E-state index contributed by atoms with van der Waals surface area (Å²) in [5.41, 5.74) is 1.65. The van der Waals surface area contributed by atoms with Gasteiger partial charge >= 0.3 is 0 Å². The summed E-state index contributed by atoms with van der Waals surface area (Å²) in [7, 11) is 0. The van der Waals surface area contributed by atoms with Crippen LogP contribution in [0.5, 0.6) is 0 Å². The van der Waals surface area contributed by atoms with E-state index in [4.69, 9.17) is 0 Å². The van der Waals surface area contributed by atoms with E-state index in [1.165, 1.54) is 41.3 Å². The predicted octanol–water partition coefficient (Wildman–Crippen LogP) is 4.56. The molecule has 28 heavy (non-hydrogen) atoms. The second-order valence-corrected chi connectivity index (χ2v) is 8.75. The number of fused-ring (bicyclic) bond motifs is 3. The number of carbonyl (C=O) groups excluding carboxylic acids is 2. The molecule has 1 aliphatic carbocycles. The highest BCUT2D eigenvalue weighted by Gasteiger charge is 2.23. The second-order valence-electron chi connectivity index (χ2n) is 6.70. The first-order valence-electron chi connectivity index (χ1n) is 8.94. The van der Waals surface area contributed by atoms with Gasteiger partial charge in [-0.1, -0.05) is 11.8 Å². The summed E-state index contributed by atoms with van der Waals surface area (Å²) in [6, 6.07) is 4.10. The lowest BCUT2D eigenvalue weighted by atomic mass is 10.1. The van der Waals surface area contributed by atoms with E-state index in [1.807, 2.05) is 6.92 Å². The van der Waals surface area contributed by atoms with Crippen LogP contribution >= 0.6 is 23.1 Å². The van der Waals surface area contributed by atoms with E-state index >= 15 is 0 Å². The Labute approximate surface area is 169 Å². The number of nitrogens with zero attached hydrogens (tertiary/aromatic N) is 2. The summed E-state index contributed by atoms with van der Waals surface area (Å²) in [4.78, 5) is 35.1. The Balaban J connectivity index is 1.56. The number of amides is 1. The van der Waals surface area contributed by atoms with Crippen molar-refractivity contribution in [3.05, 3.63) is 45.8 Å². The molecule has 5 nitrogen and oxygen atoms in total. The Hall–Kier alpha value is -2.32. The predicted molar refractivity (Wildman–Crippen MR) is 110 cm³/mol. The third-order valence-corrected chi connectivity index (χ3v) is 6.73. The summed E-state index contributed by atoms with van der Waals surface area (Å²) in [5, 5.41) is 4.36. The third-order valence-electron chi connectivity index (χ3n) is 4.57. The van der Waals surface area contributed by atoms with Crippen LogP contribution < -0.4 is 5.32 Å². The van der Waals surface area contributed by atoms with Gasteiger partial charge in [-0.15, -0.1) is 11.3 Å². The first-order valence-corrected chi connectivity index (χ1v) is 10.7. The number of carbonyl (C=O) groups is 2. The van der Waals surface area contributed by atoms with Crippen molar-refractivity contribution >= 4 is 50.7 Å². The van der Waals surface area contributed by atoms with Crippen molar-refractivity contribution in [1.29, 1.82) is 0 Å². The number of thioether (sulfide) groups is 1. The summed E-state index contributed by atoms with van der Waals surface area (Å²) in [6.07, 6.45) is 3.23. The molecule has 0 bridgehead atoms. The minimum absolute atomic E-state index is 0.0131. The van der Waals surface area contributed by atoms with Crippen LogP contribution in [0.4, 0.5) is 10.1 Å². The average molecular weight is 416 g/mol. The molecule has 0 atom stereocenters. The van der Waals surface area contributed by atoms with Gasteiger partial charge in [0.25, 0.3) is 0 Å². The summed E-state index contributed by atoms with van der Waals surface area (Å²) < 4.78 is 14.3. The van der Waals surface area contributed by atoms with Crippen LogP contribution in [0.25, 0.3) is 10.2 Å². The van der Waals surface area contributed by atoms with Gasteiger partial charge in [-0.05, 0) is 49.9 Å². The van der Waals surface area contributed by atoms with E-state index < -0.39 is 5.82 Å². The topological polar surface area (TPSA) is 72.0 Å². The molecule has 0 radical (unpaired) electrons. The van der Waals surface area contributed by atoms with Gasteiger partial charge in [0, 0.05) is 22.9 Å². The largest absolute Gasteiger partial charge is 0.326 e. The van der Waals surface area contributed by atoms with E-state index in [1.54, 1.807) is 11.3 Å². The summed E-state index contributed by atoms with van der Waals surface area (Å²) in [6.45, 7) is 3.19. The average Bonchev–Trinajstić information content (AvgIpc) is 3.19. The van der Waals surface area contributed by atoms with Crippen LogP contribution in [0.1, 0.15) is 40.0 Å². The molecule has 144 valence electrons. The lowest BCUT2D eigenvalue weighted by Gasteiger charge is -2.07. The van der Waals surface area contributed by atoms with Crippen LogP contribution in [0.2, 0.25) is 0 Å². The molecule has 1 N–H and O–H groups in total. The zero-order valence-electron chi connectivity index (χ0n) is 15.5. The van der Waals surface area contributed by atoms with Crippen molar-refractivity contribution in [3.63, 3.8) is 0 Å². The van der Waals surface area contributed by atoms with Crippen LogP contribution in [-0.2, 0) is 17.6 Å². The lowest BCUT2D eigenvalue weighted by Crippen LogP contribution is -2.09. The van der Waals surface area contributed by atoms with Gasteiger partial charge in [-0.3, -0.25) is 9.59 Å². The molecule has 8 heteroatoms. The van der Waals surface area contributed by atoms with Crippen molar-refractivity contribution in [3.8, 4) is 0 Å². The number of aromatic nitrogens is 2. The van der Waals surface area contributed by atoms with E-state index in [2.05, 4.69) is 15.3 Å². The molecule has 1 aliphatic rings. The molecule has 1 aromatic carbocycles. The molecule has 1 amide bonds. The number of aryl methyl sites for hydroxylation is 3. The van der Waals surface area contributed by atoms with Gasteiger partial charge in [0.1, 0.15) is 21.5 Å². The number of hydrogen-bond donors (Lipinski definition) is 1. The maximum Gasteiger partial charge on any atom is 0.221 e. The smallest absolute Gasteiger partial charge is 0.221 e. The number of hydrogen-bond acceptors (Lipinski definition) is 6. The van der Waals surface area contributed by atoms with E-state index in [0.717, 1.165) is 40.6 Å². The molecule has 0 saturated heterocycles. The fourth-order valence-corrected chi connectivity index (χ4v) is 5.76. The van der Waals surface area contributed by atoms with Gasteiger partial charge in [-0.2, -0.15) is 0 Å². The molecule has 0 aliphatic heterocycles. The Morgan fingerprint density at radius 1 is 1.29 bits per heavy atom. The number of Topliss-reactive ketones (excluding diaryl/α,β-unsaturated/α-hetero) is 1. The zero-order valence-corrected chi connectivity index (χ0v) is 17.1. The van der Waals surface area contributed by atoms with Crippen LogP contribution in [0.15, 0.2) is 23.2 Å². The Bertz CT molecular complexity index is 1110. The summed E-state index contributed by atoms with van der Waals surface area (Å²) >= 11 is 3.04. The first-order chi connectivity index (χ1) is 13.4. The van der Waals surface area contributed by atoms with Gasteiger partial charge in [0.05, 0.1) is 11.3 Å². The number of anilines is 1. The number of rotatable bonds is 5. The van der Waals surface area contributed by atoms with E-state index in [-0.39, 0.29) is 23.0 Å². The van der Waals surface area contributed by atoms with Crippen LogP contribution in [-0.4, -0.2) is 27.4 Å². The molecule has 4 rings (SSSR count). The minimum Gasteiger partial charge on any atom is -0.326 e. The quantitative estimate of drug-likeness (QED) is 0.376. The number of nitrogens with one attached hydrogen (secondary N) is 1. The highest BCUT2D eigenvalue weighted by molar-refractivity contribution is 8.00. The van der Waals surface area contributed by atoms with Gasteiger partial charge in [0.2, 0.25) is 5.91 Å². The second kappa shape index (κ2) is 7.60. The molecule has 0 spiro atoms. The molecule has 0 saturated carbocycles. The van der Waals surface area contributed by atoms with Gasteiger partial charge < -0.3 is 5.32 Å². The Morgan fingerprint density at radius 2 is 2.11 bits per heavy atom. The van der Waals surface area contributed by atoms with Crippen LogP contribution in [0.3, 0.4) is 0 Å². The number of thiophene rings is 1. The SMILES string of the molecule is CC(=O)Nc1ccc(C(=O)CSc2nc(C)nc3sc4c(c23)CCC4)c(F)c1. The summed E-state index contributed by atoms with van der Waals surface area (Å²) in [5.74, 6) is -0.480. The molecule has 0 unspecified atom stereocenters. The van der Waals surface area contributed by atoms with Crippen molar-refractivity contribution in [2.75, 3.05) is 11.1 Å². The van der Waals surface area contributed by atoms with Gasteiger partial charge in [-0.25, -0.2) is 14.4 Å². The highest BCUT2D eigenvalue weighted by Crippen LogP contribution is 2.40. The normalized spacial score (nSPS) is 13.0. The number of halogens is 1. The fraction of sp³-hybridized carbons (Fsp3) is 0.300. The molecule has 2 heterocycles. The van der Waals surface area contributed by atoms with Gasteiger partial charge in [0.15, 0.2) is 5.78 Å². The lowest BCUT2D eigenvalue weighted by molar-refractivity contribution is -0.114. The highest BCUT2D eigenvalue weighted by atomic mass is 32.2. The monoisotopic (exact) mass is 415 g/mol. The fourth-order valence-electron chi connectivity index (χ4n) is 3.40. The maximum atomic E-state index is 14.3. The first kappa shape index (κ1) is 19.0. The number of benzene rings is 1. The Morgan fingerprint density at radius 3 is 2.86 bits per heavy atom. The standard InChI is InChI=1S/C20H18FN3O2S2/c1-10-22-19(18-14-4-3-5-17(14)28-20(18)23-10)27-9-16(26)13-7-6-12(8-15(13)21)24-11(2)25/h6-8H,3-5,9H2,1-2H3,(H,24,25). The molecule has 0 fully saturated rings. The van der Waals surface area contributed by atoms with Crippen molar-refractivity contribution in [2.24, 2.45) is 0 Å². The maximum absolute atomic E-state index is 14.3. The molecular formula is C20H18FN3O2S2. The molecule has 2 aromatic heterocycles. The van der Waals surface area contributed by atoms with Crippen molar-refractivity contribution < 1.29 is 14.0 Å². The molecule has 3 aromatic rings. The third kappa shape index (κ3) is 3.66. The van der Waals surface area contributed by atoms with E-state index in [0.29, 0.717) is 11.5 Å². The van der Waals surface area contributed by atoms with Crippen molar-refractivity contribution in [1.82, 2.24) is 9.97 Å².